The van der Waals surface area contributed by atoms with E-state index < -0.39 is 0 Å². The summed E-state index contributed by atoms with van der Waals surface area (Å²) in [5.41, 5.74) is 0. The summed E-state index contributed by atoms with van der Waals surface area (Å²) in [5, 5.41) is 0. The molecular weight excluding hydrogens is 170 g/mol. The first-order valence-corrected chi connectivity index (χ1v) is 4.61. The van der Waals surface area contributed by atoms with Crippen molar-refractivity contribution in [2.75, 3.05) is 13.3 Å². The Morgan fingerprint density at radius 1 is 1.46 bits per heavy atom. The first-order valence-electron chi connectivity index (χ1n) is 4.61. The molecule has 0 atom stereocenters. The average molecular weight is 185 g/mol. The highest BCUT2D eigenvalue weighted by molar-refractivity contribution is 5.76. The van der Waals surface area contributed by atoms with Crippen molar-refractivity contribution in [2.45, 2.75) is 32.6 Å². The minimum absolute atomic E-state index is 0.0961. The summed E-state index contributed by atoms with van der Waals surface area (Å²) in [6.07, 6.45) is 3.63. The molecule has 0 unspecified atom stereocenters. The van der Waals surface area contributed by atoms with E-state index in [1.165, 1.54) is 6.92 Å². The Labute approximate surface area is 77.8 Å². The van der Waals surface area contributed by atoms with E-state index in [1.54, 1.807) is 4.90 Å². The fraction of sp³-hybridized carbons (Fsp3) is 0.778. The molecule has 1 amide bonds. The van der Waals surface area contributed by atoms with Crippen molar-refractivity contribution in [1.29, 1.82) is 0 Å². The van der Waals surface area contributed by atoms with Gasteiger partial charge in [0.2, 0.25) is 5.91 Å². The van der Waals surface area contributed by atoms with E-state index in [1.807, 2.05) is 0 Å². The van der Waals surface area contributed by atoms with Gasteiger partial charge in [-0.2, -0.15) is 0 Å². The van der Waals surface area contributed by atoms with Gasteiger partial charge in [-0.1, -0.05) is 6.42 Å². The Balaban J connectivity index is 2.36. The molecule has 4 nitrogen and oxygen atoms in total. The van der Waals surface area contributed by atoms with Crippen LogP contribution in [0.25, 0.3) is 0 Å². The molecule has 0 aliphatic carbocycles. The van der Waals surface area contributed by atoms with Crippen molar-refractivity contribution < 1.29 is 14.3 Å². The Bertz CT molecular complexity index is 203. The Hall–Kier alpha value is -1.06. The maximum atomic E-state index is 11.4. The molecule has 13 heavy (non-hydrogen) atoms. The fourth-order valence-corrected chi connectivity index (χ4v) is 1.34. The highest BCUT2D eigenvalue weighted by atomic mass is 16.5. The van der Waals surface area contributed by atoms with Crippen LogP contribution in [-0.2, 0) is 14.3 Å². The van der Waals surface area contributed by atoms with E-state index in [4.69, 9.17) is 4.74 Å². The third-order valence-corrected chi connectivity index (χ3v) is 2.10. The van der Waals surface area contributed by atoms with Crippen LogP contribution < -0.4 is 0 Å². The molecule has 0 aromatic carbocycles. The molecule has 1 aliphatic rings. The Morgan fingerprint density at radius 2 is 2.23 bits per heavy atom. The summed E-state index contributed by atoms with van der Waals surface area (Å²) in [6, 6.07) is 0. The van der Waals surface area contributed by atoms with Crippen molar-refractivity contribution in [3.05, 3.63) is 0 Å². The van der Waals surface area contributed by atoms with Gasteiger partial charge in [0, 0.05) is 19.9 Å². The van der Waals surface area contributed by atoms with E-state index in [-0.39, 0.29) is 18.6 Å². The lowest BCUT2D eigenvalue weighted by Crippen LogP contribution is -2.33. The van der Waals surface area contributed by atoms with Gasteiger partial charge >= 0.3 is 5.97 Å². The van der Waals surface area contributed by atoms with Crippen LogP contribution in [0.2, 0.25) is 0 Å². The summed E-state index contributed by atoms with van der Waals surface area (Å²) < 4.78 is 4.77. The van der Waals surface area contributed by atoms with Gasteiger partial charge in [0.15, 0.2) is 6.73 Å². The topological polar surface area (TPSA) is 46.6 Å². The molecule has 0 aromatic heterocycles. The van der Waals surface area contributed by atoms with Gasteiger partial charge in [0.05, 0.1) is 0 Å². The smallest absolute Gasteiger partial charge is 0.304 e. The van der Waals surface area contributed by atoms with Crippen LogP contribution in [-0.4, -0.2) is 30.1 Å². The molecular formula is C9H15NO3. The third-order valence-electron chi connectivity index (χ3n) is 2.10. The SMILES string of the molecule is CC(=O)OCN1CCCCCC1=O. The number of nitrogens with zero attached hydrogens (tertiary/aromatic N) is 1. The number of carbonyl (C=O) groups excluding carboxylic acids is 2. The van der Waals surface area contributed by atoms with Gasteiger partial charge in [0.25, 0.3) is 0 Å². The van der Waals surface area contributed by atoms with Crippen molar-refractivity contribution >= 4 is 11.9 Å². The van der Waals surface area contributed by atoms with E-state index in [0.29, 0.717) is 13.0 Å². The van der Waals surface area contributed by atoms with Crippen molar-refractivity contribution in [3.63, 3.8) is 0 Å². The van der Waals surface area contributed by atoms with Crippen LogP contribution >= 0.6 is 0 Å². The maximum Gasteiger partial charge on any atom is 0.304 e. The van der Waals surface area contributed by atoms with Crippen molar-refractivity contribution in [2.24, 2.45) is 0 Å². The van der Waals surface area contributed by atoms with Crippen LogP contribution in [0.15, 0.2) is 0 Å². The Kier molecular flexibility index (Phi) is 3.73. The highest BCUT2D eigenvalue weighted by Gasteiger charge is 2.16. The summed E-state index contributed by atoms with van der Waals surface area (Å²) in [5.74, 6) is -0.240. The molecule has 0 spiro atoms. The van der Waals surface area contributed by atoms with Gasteiger partial charge in [-0.3, -0.25) is 9.59 Å². The zero-order chi connectivity index (χ0) is 9.68. The molecule has 0 aromatic rings. The van der Waals surface area contributed by atoms with Gasteiger partial charge < -0.3 is 9.64 Å². The van der Waals surface area contributed by atoms with E-state index in [9.17, 15) is 9.59 Å². The molecule has 1 saturated heterocycles. The minimum Gasteiger partial charge on any atom is -0.444 e. The first-order chi connectivity index (χ1) is 6.20. The van der Waals surface area contributed by atoms with Crippen LogP contribution in [0.5, 0.6) is 0 Å². The predicted octanol–water partition coefficient (Wildman–Crippen LogP) is 0.910. The minimum atomic E-state index is -0.336. The lowest BCUT2D eigenvalue weighted by atomic mass is 10.2. The summed E-state index contributed by atoms with van der Waals surface area (Å²) in [4.78, 5) is 23.5. The van der Waals surface area contributed by atoms with Crippen molar-refractivity contribution in [1.82, 2.24) is 4.90 Å². The molecule has 1 aliphatic heterocycles. The van der Waals surface area contributed by atoms with Crippen LogP contribution in [0.3, 0.4) is 0 Å². The second-order valence-corrected chi connectivity index (χ2v) is 3.23. The highest BCUT2D eigenvalue weighted by Crippen LogP contribution is 2.10. The number of rotatable bonds is 2. The number of ether oxygens (including phenoxy) is 1. The van der Waals surface area contributed by atoms with Gasteiger partial charge in [0.1, 0.15) is 0 Å². The number of hydrogen-bond donors (Lipinski definition) is 0. The molecule has 0 radical (unpaired) electrons. The van der Waals surface area contributed by atoms with Crippen LogP contribution in [0.4, 0.5) is 0 Å². The van der Waals surface area contributed by atoms with Crippen molar-refractivity contribution in [3.8, 4) is 0 Å². The van der Waals surface area contributed by atoms with Gasteiger partial charge in [-0.15, -0.1) is 0 Å². The molecule has 74 valence electrons. The summed E-state index contributed by atoms with van der Waals surface area (Å²) >= 11 is 0. The molecule has 0 N–H and O–H groups in total. The van der Waals surface area contributed by atoms with Crippen LogP contribution in [0.1, 0.15) is 32.6 Å². The fourth-order valence-electron chi connectivity index (χ4n) is 1.34. The maximum absolute atomic E-state index is 11.4. The normalized spacial score (nSPS) is 18.2. The predicted molar refractivity (Wildman–Crippen MR) is 46.8 cm³/mol. The molecule has 0 saturated carbocycles. The average Bonchev–Trinajstić information content (AvgIpc) is 2.27. The second kappa shape index (κ2) is 4.84. The zero-order valence-corrected chi connectivity index (χ0v) is 7.91. The van der Waals surface area contributed by atoms with Crippen LogP contribution in [0, 0.1) is 0 Å². The lowest BCUT2D eigenvalue weighted by molar-refractivity contribution is -0.150. The standard InChI is InChI=1S/C9H15NO3/c1-8(11)13-7-10-6-4-2-3-5-9(10)12/h2-7H2,1H3. The molecule has 1 rings (SSSR count). The number of likely N-dealkylation sites (tertiary alicyclic amines) is 1. The zero-order valence-electron chi connectivity index (χ0n) is 7.91. The number of carbonyl (C=O) groups is 2. The second-order valence-electron chi connectivity index (χ2n) is 3.23. The van der Waals surface area contributed by atoms with Gasteiger partial charge in [-0.05, 0) is 12.8 Å². The number of hydrogen-bond acceptors (Lipinski definition) is 3. The molecule has 4 heteroatoms. The third kappa shape index (κ3) is 3.44. The largest absolute Gasteiger partial charge is 0.444 e. The number of esters is 1. The quantitative estimate of drug-likeness (QED) is 0.601. The Morgan fingerprint density at radius 3 is 2.92 bits per heavy atom. The molecule has 1 fully saturated rings. The van der Waals surface area contributed by atoms with E-state index in [2.05, 4.69) is 0 Å². The molecule has 1 heterocycles. The van der Waals surface area contributed by atoms with Gasteiger partial charge in [-0.25, -0.2) is 0 Å². The molecule has 0 bridgehead atoms. The summed E-state index contributed by atoms with van der Waals surface area (Å²) in [7, 11) is 0. The monoisotopic (exact) mass is 185 g/mol. The first kappa shape index (κ1) is 10.0. The van der Waals surface area contributed by atoms with E-state index in [0.717, 1.165) is 19.3 Å². The number of amides is 1. The van der Waals surface area contributed by atoms with E-state index >= 15 is 0 Å². The summed E-state index contributed by atoms with van der Waals surface area (Å²) in [6.45, 7) is 2.18. The lowest BCUT2D eigenvalue weighted by Gasteiger charge is -2.19.